The van der Waals surface area contributed by atoms with Gasteiger partial charge >= 0.3 is 24.3 Å². The molecule has 1 fully saturated rings. The van der Waals surface area contributed by atoms with E-state index < -0.39 is 24.3 Å². The molecule has 0 spiro atoms. The number of hydrogen-bond acceptors (Lipinski definition) is 7. The van der Waals surface area contributed by atoms with Gasteiger partial charge in [-0.05, 0) is 24.9 Å². The van der Waals surface area contributed by atoms with Crippen LogP contribution >= 0.6 is 0 Å². The lowest BCUT2D eigenvalue weighted by atomic mass is 9.97. The fourth-order valence-electron chi connectivity index (χ4n) is 2.16. The SMILES string of the molecule is CN[C@@H]1CCN(c2ccnc(NCC(C)(C)C)n2)C1.O=C(O)C(F)(F)F.O=C(O)C(F)(F)F. The summed E-state index contributed by atoms with van der Waals surface area (Å²) in [6, 6.07) is 2.56. The minimum absolute atomic E-state index is 0.226. The molecule has 1 atom stereocenters. The summed E-state index contributed by atoms with van der Waals surface area (Å²) in [5, 5.41) is 20.9. The zero-order chi connectivity index (χ0) is 26.0. The summed E-state index contributed by atoms with van der Waals surface area (Å²) in [6.45, 7) is 9.54. The Hall–Kier alpha value is -2.84. The Morgan fingerprint density at radius 1 is 1.09 bits per heavy atom. The predicted octanol–water partition coefficient (Wildman–Crippen LogP) is 3.00. The van der Waals surface area contributed by atoms with Crippen LogP contribution in [0, 0.1) is 5.41 Å². The van der Waals surface area contributed by atoms with E-state index in [0.29, 0.717) is 6.04 Å². The summed E-state index contributed by atoms with van der Waals surface area (Å²) in [4.78, 5) is 29.0. The lowest BCUT2D eigenvalue weighted by Gasteiger charge is -2.20. The third-order valence-electron chi connectivity index (χ3n) is 3.82. The van der Waals surface area contributed by atoms with Gasteiger partial charge in [-0.3, -0.25) is 0 Å². The van der Waals surface area contributed by atoms with Crippen LogP contribution in [0.3, 0.4) is 0 Å². The third-order valence-corrected chi connectivity index (χ3v) is 3.82. The quantitative estimate of drug-likeness (QED) is 0.470. The summed E-state index contributed by atoms with van der Waals surface area (Å²) < 4.78 is 63.5. The molecule has 0 aliphatic carbocycles. The van der Waals surface area contributed by atoms with Crippen LogP contribution in [0.25, 0.3) is 0 Å². The van der Waals surface area contributed by atoms with Crippen molar-refractivity contribution in [3.8, 4) is 0 Å². The number of anilines is 2. The van der Waals surface area contributed by atoms with Crippen molar-refractivity contribution in [3.63, 3.8) is 0 Å². The lowest BCUT2D eigenvalue weighted by molar-refractivity contribution is -0.193. The summed E-state index contributed by atoms with van der Waals surface area (Å²) >= 11 is 0. The Bertz CT molecular complexity index is 744. The van der Waals surface area contributed by atoms with E-state index in [9.17, 15) is 26.3 Å². The normalized spacial score (nSPS) is 16.2. The maximum absolute atomic E-state index is 10.6. The standard InChI is InChI=1S/C14H25N5.2C2HF3O2/c1-14(2,3)10-17-13-16-7-5-12(18-13)19-8-6-11(9-19)15-4;2*3-2(4,5)1(6)7/h5,7,11,15H,6,8-10H2,1-4H3,(H,16,17,18);2*(H,6,7)/t11-;;/m1../s1. The first-order valence-electron chi connectivity index (χ1n) is 9.46. The number of likely N-dealkylation sites (N-methyl/N-ethyl adjacent to an activating group) is 1. The largest absolute Gasteiger partial charge is 0.490 e. The Balaban J connectivity index is 0.000000605. The lowest BCUT2D eigenvalue weighted by Crippen LogP contribution is -2.30. The molecule has 1 saturated heterocycles. The van der Waals surface area contributed by atoms with Gasteiger partial charge in [0.1, 0.15) is 5.82 Å². The molecule has 1 aromatic rings. The minimum Gasteiger partial charge on any atom is -0.475 e. The van der Waals surface area contributed by atoms with E-state index in [4.69, 9.17) is 19.8 Å². The van der Waals surface area contributed by atoms with Crippen LogP contribution in [0.5, 0.6) is 0 Å². The number of aromatic nitrogens is 2. The monoisotopic (exact) mass is 491 g/mol. The molecule has 0 unspecified atom stereocenters. The molecule has 0 amide bonds. The van der Waals surface area contributed by atoms with Crippen molar-refractivity contribution in [1.82, 2.24) is 15.3 Å². The smallest absolute Gasteiger partial charge is 0.475 e. The van der Waals surface area contributed by atoms with Gasteiger partial charge in [-0.15, -0.1) is 0 Å². The number of rotatable bonds is 4. The summed E-state index contributed by atoms with van der Waals surface area (Å²) in [5.74, 6) is -3.77. The number of aliphatic carboxylic acids is 2. The topological polar surface area (TPSA) is 128 Å². The van der Waals surface area contributed by atoms with Crippen LogP contribution in [0.2, 0.25) is 0 Å². The highest BCUT2D eigenvalue weighted by molar-refractivity contribution is 5.73. The Kier molecular flexibility index (Phi) is 11.3. The number of carboxylic acids is 2. The Morgan fingerprint density at radius 2 is 1.58 bits per heavy atom. The van der Waals surface area contributed by atoms with Gasteiger partial charge in [-0.2, -0.15) is 31.3 Å². The van der Waals surface area contributed by atoms with E-state index in [2.05, 4.69) is 46.3 Å². The van der Waals surface area contributed by atoms with Crippen molar-refractivity contribution in [2.45, 2.75) is 45.6 Å². The van der Waals surface area contributed by atoms with Crippen LogP contribution in [0.1, 0.15) is 27.2 Å². The molecule has 2 rings (SSSR count). The van der Waals surface area contributed by atoms with Crippen molar-refractivity contribution in [3.05, 3.63) is 12.3 Å². The molecule has 33 heavy (non-hydrogen) atoms. The van der Waals surface area contributed by atoms with Crippen LogP contribution < -0.4 is 15.5 Å². The van der Waals surface area contributed by atoms with Gasteiger partial charge in [-0.1, -0.05) is 20.8 Å². The number of halogens is 6. The molecule has 1 aliphatic rings. The third kappa shape index (κ3) is 13.3. The first-order chi connectivity index (χ1) is 14.9. The number of alkyl halides is 6. The zero-order valence-corrected chi connectivity index (χ0v) is 18.4. The molecule has 0 bridgehead atoms. The van der Waals surface area contributed by atoms with E-state index >= 15 is 0 Å². The van der Waals surface area contributed by atoms with Gasteiger partial charge in [-0.25, -0.2) is 14.6 Å². The van der Waals surface area contributed by atoms with Crippen LogP contribution in [-0.4, -0.2) is 77.2 Å². The van der Waals surface area contributed by atoms with E-state index in [1.165, 1.54) is 6.42 Å². The average molecular weight is 491 g/mol. The molecular formula is C18H27F6N5O4. The van der Waals surface area contributed by atoms with Crippen molar-refractivity contribution >= 4 is 23.7 Å². The maximum atomic E-state index is 10.6. The number of nitrogens with one attached hydrogen (secondary N) is 2. The van der Waals surface area contributed by atoms with Crippen molar-refractivity contribution in [1.29, 1.82) is 0 Å². The zero-order valence-electron chi connectivity index (χ0n) is 18.4. The first kappa shape index (κ1) is 30.2. The number of hydrogen-bond donors (Lipinski definition) is 4. The van der Waals surface area contributed by atoms with Crippen molar-refractivity contribution < 1.29 is 46.1 Å². The van der Waals surface area contributed by atoms with E-state index in [1.807, 2.05) is 19.3 Å². The van der Waals surface area contributed by atoms with E-state index in [1.54, 1.807) is 0 Å². The summed E-state index contributed by atoms with van der Waals surface area (Å²) in [7, 11) is 2.02. The average Bonchev–Trinajstić information content (AvgIpc) is 3.15. The minimum atomic E-state index is -5.08. The van der Waals surface area contributed by atoms with Crippen LogP contribution in [-0.2, 0) is 9.59 Å². The second-order valence-corrected chi connectivity index (χ2v) is 7.98. The van der Waals surface area contributed by atoms with Crippen molar-refractivity contribution in [2.75, 3.05) is 36.9 Å². The van der Waals surface area contributed by atoms with Crippen LogP contribution in [0.4, 0.5) is 38.1 Å². The van der Waals surface area contributed by atoms with Gasteiger partial charge in [0.15, 0.2) is 0 Å². The molecule has 0 radical (unpaired) electrons. The fourth-order valence-corrected chi connectivity index (χ4v) is 2.16. The Labute approximate surface area is 186 Å². The van der Waals surface area contributed by atoms with Gasteiger partial charge < -0.3 is 25.7 Å². The molecule has 4 N–H and O–H groups in total. The van der Waals surface area contributed by atoms with E-state index in [-0.39, 0.29) is 5.41 Å². The molecule has 9 nitrogen and oxygen atoms in total. The number of carboxylic acid groups (broad SMARTS) is 2. The highest BCUT2D eigenvalue weighted by Gasteiger charge is 2.38. The molecule has 2 heterocycles. The molecule has 15 heteroatoms. The highest BCUT2D eigenvalue weighted by Crippen LogP contribution is 2.19. The molecule has 190 valence electrons. The van der Waals surface area contributed by atoms with Crippen molar-refractivity contribution in [2.24, 2.45) is 5.41 Å². The molecular weight excluding hydrogens is 464 g/mol. The molecule has 0 saturated carbocycles. The maximum Gasteiger partial charge on any atom is 0.490 e. The molecule has 1 aliphatic heterocycles. The van der Waals surface area contributed by atoms with Crippen LogP contribution in [0.15, 0.2) is 12.3 Å². The second kappa shape index (κ2) is 12.4. The molecule has 1 aromatic heterocycles. The van der Waals surface area contributed by atoms with Gasteiger partial charge in [0.2, 0.25) is 5.95 Å². The highest BCUT2D eigenvalue weighted by atomic mass is 19.4. The van der Waals surface area contributed by atoms with E-state index in [0.717, 1.165) is 31.4 Å². The van der Waals surface area contributed by atoms with Gasteiger partial charge in [0, 0.05) is 31.9 Å². The number of nitrogens with zero attached hydrogens (tertiary/aromatic N) is 3. The van der Waals surface area contributed by atoms with Gasteiger partial charge in [0.05, 0.1) is 0 Å². The first-order valence-corrected chi connectivity index (χ1v) is 9.46. The number of carbonyl (C=O) groups is 2. The van der Waals surface area contributed by atoms with Gasteiger partial charge in [0.25, 0.3) is 0 Å². The predicted molar refractivity (Wildman–Crippen MR) is 107 cm³/mol. The fraction of sp³-hybridized carbons (Fsp3) is 0.667. The second-order valence-electron chi connectivity index (χ2n) is 7.98. The summed E-state index contributed by atoms with van der Waals surface area (Å²) in [5.41, 5.74) is 0.226. The summed E-state index contributed by atoms with van der Waals surface area (Å²) in [6.07, 6.45) is -7.16. The Morgan fingerprint density at radius 3 is 1.94 bits per heavy atom. The molecule has 0 aromatic carbocycles.